The minimum absolute atomic E-state index is 0.0916. The maximum atomic E-state index is 12.6. The molecule has 0 bridgehead atoms. The topological polar surface area (TPSA) is 75.8 Å². The minimum Gasteiger partial charge on any atom is -0.396 e. The van der Waals surface area contributed by atoms with Gasteiger partial charge in [-0.05, 0) is 39.0 Å². The van der Waals surface area contributed by atoms with Crippen LogP contribution in [0.3, 0.4) is 0 Å². The predicted molar refractivity (Wildman–Crippen MR) is 79.3 cm³/mol. The predicted octanol–water partition coefficient (Wildman–Crippen LogP) is 1.22. The Hall–Kier alpha value is -1.40. The lowest BCUT2D eigenvalue weighted by molar-refractivity contribution is -0.143. The monoisotopic (exact) mass is 308 g/mol. The summed E-state index contributed by atoms with van der Waals surface area (Å²) >= 11 is 0. The number of aliphatic hydroxyl groups is 1. The molecule has 1 saturated carbocycles. The molecule has 1 aromatic rings. The summed E-state index contributed by atoms with van der Waals surface area (Å²) in [5.74, 6) is 1.22. The lowest BCUT2D eigenvalue weighted by Gasteiger charge is -2.37. The quantitative estimate of drug-likeness (QED) is 0.905. The maximum absolute atomic E-state index is 12.6. The van der Waals surface area contributed by atoms with Crippen molar-refractivity contribution in [1.29, 1.82) is 0 Å². The number of amides is 1. The lowest BCUT2D eigenvalue weighted by atomic mass is 10.1. The van der Waals surface area contributed by atoms with E-state index < -0.39 is 0 Å². The first-order valence-corrected chi connectivity index (χ1v) is 8.03. The summed E-state index contributed by atoms with van der Waals surface area (Å²) in [5, 5.41) is 13.3. The van der Waals surface area contributed by atoms with Gasteiger partial charge in [0.2, 0.25) is 5.91 Å². The number of hydrogen-bond acceptors (Lipinski definition) is 5. The lowest BCUT2D eigenvalue weighted by Crippen LogP contribution is -2.51. The Kier molecular flexibility index (Phi) is 4.49. The molecule has 3 atom stereocenters. The first-order chi connectivity index (χ1) is 10.6. The molecule has 2 fully saturated rings. The van der Waals surface area contributed by atoms with E-state index in [2.05, 4.69) is 5.16 Å². The van der Waals surface area contributed by atoms with Gasteiger partial charge < -0.3 is 19.3 Å². The molecular formula is C16H24N2O4. The number of carbonyl (C=O) groups excluding carboxylic acids is 1. The van der Waals surface area contributed by atoms with Crippen molar-refractivity contribution in [1.82, 2.24) is 10.1 Å². The van der Waals surface area contributed by atoms with Crippen LogP contribution in [0.4, 0.5) is 0 Å². The summed E-state index contributed by atoms with van der Waals surface area (Å²) in [6.45, 7) is 5.21. The highest BCUT2D eigenvalue weighted by Gasteiger charge is 2.42. The minimum atomic E-state index is 0.0916. The third-order valence-electron chi connectivity index (χ3n) is 4.98. The average molecular weight is 308 g/mol. The van der Waals surface area contributed by atoms with E-state index in [9.17, 15) is 9.90 Å². The van der Waals surface area contributed by atoms with E-state index in [1.54, 1.807) is 0 Å². The number of fused-ring (bicyclic) bond motifs is 1. The molecule has 1 saturated heterocycles. The number of ether oxygens (including phenoxy) is 1. The fraction of sp³-hybridized carbons (Fsp3) is 0.750. The van der Waals surface area contributed by atoms with Gasteiger partial charge in [-0.25, -0.2) is 0 Å². The van der Waals surface area contributed by atoms with Crippen LogP contribution in [0.15, 0.2) is 4.52 Å². The average Bonchev–Trinajstić information content (AvgIpc) is 3.08. The summed E-state index contributed by atoms with van der Waals surface area (Å²) in [6.07, 6.45) is 2.93. The van der Waals surface area contributed by atoms with Crippen molar-refractivity contribution in [3.63, 3.8) is 0 Å². The van der Waals surface area contributed by atoms with Crippen molar-refractivity contribution in [3.05, 3.63) is 17.0 Å². The smallest absolute Gasteiger partial charge is 0.223 e. The first-order valence-electron chi connectivity index (χ1n) is 8.03. The van der Waals surface area contributed by atoms with Gasteiger partial charge in [0, 0.05) is 25.1 Å². The van der Waals surface area contributed by atoms with E-state index in [4.69, 9.17) is 9.26 Å². The first kappa shape index (κ1) is 15.5. The second-order valence-corrected chi connectivity index (χ2v) is 6.39. The summed E-state index contributed by atoms with van der Waals surface area (Å²) in [6, 6.07) is 0.128. The summed E-state index contributed by atoms with van der Waals surface area (Å²) in [4.78, 5) is 14.6. The molecule has 0 radical (unpaired) electrons. The van der Waals surface area contributed by atoms with E-state index in [0.717, 1.165) is 29.9 Å². The fourth-order valence-corrected chi connectivity index (χ4v) is 3.74. The van der Waals surface area contributed by atoms with E-state index in [1.807, 2.05) is 18.7 Å². The van der Waals surface area contributed by atoms with E-state index in [1.165, 1.54) is 0 Å². The molecule has 0 aromatic carbocycles. The van der Waals surface area contributed by atoms with Crippen molar-refractivity contribution in [3.8, 4) is 0 Å². The molecule has 0 spiro atoms. The maximum Gasteiger partial charge on any atom is 0.223 e. The molecule has 6 heteroatoms. The molecule has 3 rings (SSSR count). The normalized spacial score (nSPS) is 28.0. The fourth-order valence-electron chi connectivity index (χ4n) is 3.74. The summed E-state index contributed by atoms with van der Waals surface area (Å²) < 4.78 is 10.9. The van der Waals surface area contributed by atoms with Crippen LogP contribution in [-0.4, -0.2) is 53.0 Å². The van der Waals surface area contributed by atoms with Gasteiger partial charge in [0.25, 0.3) is 0 Å². The Bertz CT molecular complexity index is 523. The molecule has 2 aliphatic rings. The molecule has 1 unspecified atom stereocenters. The number of aryl methyl sites for hydroxylation is 2. The molecule has 122 valence electrons. The van der Waals surface area contributed by atoms with E-state index >= 15 is 0 Å². The van der Waals surface area contributed by atoms with Crippen molar-refractivity contribution >= 4 is 5.91 Å². The number of morpholine rings is 1. The van der Waals surface area contributed by atoms with E-state index in [0.29, 0.717) is 26.0 Å². The SMILES string of the molecule is Cc1noc(C)c1CCC(=O)N1CCOC2C[C@H](CO)C[C@@H]21. The van der Waals surface area contributed by atoms with Crippen LogP contribution in [0.5, 0.6) is 0 Å². The summed E-state index contributed by atoms with van der Waals surface area (Å²) in [7, 11) is 0. The Balaban J connectivity index is 1.62. The molecule has 1 aliphatic carbocycles. The van der Waals surface area contributed by atoms with Gasteiger partial charge in [-0.2, -0.15) is 0 Å². The largest absolute Gasteiger partial charge is 0.396 e. The van der Waals surface area contributed by atoms with Crippen LogP contribution >= 0.6 is 0 Å². The van der Waals surface area contributed by atoms with Gasteiger partial charge in [0.15, 0.2) is 0 Å². The third-order valence-corrected chi connectivity index (χ3v) is 4.98. The number of carbonyl (C=O) groups is 1. The molecule has 6 nitrogen and oxygen atoms in total. The number of hydrogen-bond donors (Lipinski definition) is 1. The zero-order valence-electron chi connectivity index (χ0n) is 13.2. The van der Waals surface area contributed by atoms with Crippen LogP contribution in [0.25, 0.3) is 0 Å². The number of aliphatic hydroxyl groups excluding tert-OH is 1. The van der Waals surface area contributed by atoms with Crippen molar-refractivity contribution < 1.29 is 19.2 Å². The third kappa shape index (κ3) is 2.90. The second kappa shape index (κ2) is 6.38. The Labute approximate surface area is 130 Å². The van der Waals surface area contributed by atoms with Gasteiger partial charge >= 0.3 is 0 Å². The zero-order valence-corrected chi connectivity index (χ0v) is 13.2. The second-order valence-electron chi connectivity index (χ2n) is 6.39. The van der Waals surface area contributed by atoms with Gasteiger partial charge in [0.1, 0.15) is 5.76 Å². The van der Waals surface area contributed by atoms with Crippen LogP contribution < -0.4 is 0 Å². The van der Waals surface area contributed by atoms with Gasteiger partial charge in [-0.1, -0.05) is 5.16 Å². The highest BCUT2D eigenvalue weighted by Crippen LogP contribution is 2.34. The highest BCUT2D eigenvalue weighted by atomic mass is 16.5. The Morgan fingerprint density at radius 3 is 2.91 bits per heavy atom. The van der Waals surface area contributed by atoms with Crippen molar-refractivity contribution in [2.24, 2.45) is 5.92 Å². The Morgan fingerprint density at radius 2 is 2.23 bits per heavy atom. The van der Waals surface area contributed by atoms with E-state index in [-0.39, 0.29) is 30.6 Å². The molecule has 2 heterocycles. The van der Waals surface area contributed by atoms with Gasteiger partial charge in [-0.15, -0.1) is 0 Å². The number of aromatic nitrogens is 1. The molecule has 22 heavy (non-hydrogen) atoms. The van der Waals surface area contributed by atoms with Crippen LogP contribution in [0, 0.1) is 19.8 Å². The zero-order chi connectivity index (χ0) is 15.7. The highest BCUT2D eigenvalue weighted by molar-refractivity contribution is 5.77. The molecular weight excluding hydrogens is 284 g/mol. The van der Waals surface area contributed by atoms with Crippen LogP contribution in [0.1, 0.15) is 36.3 Å². The van der Waals surface area contributed by atoms with Crippen LogP contribution in [-0.2, 0) is 16.0 Å². The molecule has 1 aliphatic heterocycles. The van der Waals surface area contributed by atoms with Gasteiger partial charge in [0.05, 0.1) is 24.4 Å². The molecule has 1 amide bonds. The number of nitrogens with zero attached hydrogens (tertiary/aromatic N) is 2. The standard InChI is InChI=1S/C16H24N2O4/c1-10-13(11(2)22-17-10)3-4-16(20)18-5-6-21-15-8-12(9-19)7-14(15)18/h12,14-15,19H,3-9H2,1-2H3/t12-,14+,15?/m1/s1. The van der Waals surface area contributed by atoms with Crippen molar-refractivity contribution in [2.75, 3.05) is 19.8 Å². The number of rotatable bonds is 4. The van der Waals surface area contributed by atoms with Crippen LogP contribution in [0.2, 0.25) is 0 Å². The van der Waals surface area contributed by atoms with Crippen molar-refractivity contribution in [2.45, 2.75) is 51.7 Å². The molecule has 1 aromatic heterocycles. The Morgan fingerprint density at radius 1 is 1.41 bits per heavy atom. The summed E-state index contributed by atoms with van der Waals surface area (Å²) in [5.41, 5.74) is 1.91. The van der Waals surface area contributed by atoms with Gasteiger partial charge in [-0.3, -0.25) is 4.79 Å². The molecule has 1 N–H and O–H groups in total.